The Labute approximate surface area is 109 Å². The van der Waals surface area contributed by atoms with Gasteiger partial charge in [-0.15, -0.1) is 0 Å². The molecule has 0 radical (unpaired) electrons. The number of alkyl halides is 3. The van der Waals surface area contributed by atoms with Crippen molar-refractivity contribution in [2.75, 3.05) is 0 Å². The zero-order chi connectivity index (χ0) is 13.8. The normalized spacial score (nSPS) is 40.6. The lowest BCUT2D eigenvalue weighted by molar-refractivity contribution is -0.106. The molecule has 108 valence electrons. The van der Waals surface area contributed by atoms with E-state index in [1.807, 2.05) is 0 Å². The second-order valence-corrected chi connectivity index (χ2v) is 6.54. The second-order valence-electron chi connectivity index (χ2n) is 6.54. The van der Waals surface area contributed by atoms with Crippen molar-refractivity contribution in [3.63, 3.8) is 0 Å². The monoisotopic (exact) mass is 280 g/mol. The van der Waals surface area contributed by atoms with Gasteiger partial charge < -0.3 is 0 Å². The van der Waals surface area contributed by atoms with E-state index in [2.05, 4.69) is 0 Å². The Kier molecular flexibility index (Phi) is 3.13. The van der Waals surface area contributed by atoms with Crippen LogP contribution in [-0.2, 0) is 0 Å². The van der Waals surface area contributed by atoms with Crippen molar-refractivity contribution in [1.82, 2.24) is 0 Å². The fourth-order valence-electron chi connectivity index (χ4n) is 4.91. The molecule has 4 fully saturated rings. The van der Waals surface area contributed by atoms with Crippen molar-refractivity contribution in [3.05, 3.63) is 11.7 Å². The molecule has 0 aromatic heterocycles. The van der Waals surface area contributed by atoms with Crippen LogP contribution in [0.5, 0.6) is 0 Å². The predicted molar refractivity (Wildman–Crippen MR) is 60.4 cm³/mol. The molecule has 0 spiro atoms. The third-order valence-corrected chi connectivity index (χ3v) is 5.43. The molecule has 19 heavy (non-hydrogen) atoms. The molecule has 0 N–H and O–H groups in total. The lowest BCUT2D eigenvalue weighted by Gasteiger charge is -2.54. The van der Waals surface area contributed by atoms with Crippen LogP contribution >= 0.6 is 0 Å². The topological polar surface area (TPSA) is 0 Å². The molecule has 0 aromatic rings. The van der Waals surface area contributed by atoms with Gasteiger partial charge in [0.25, 0.3) is 6.08 Å². The number of hydrogen-bond acceptors (Lipinski definition) is 0. The van der Waals surface area contributed by atoms with Gasteiger partial charge in [-0.3, -0.25) is 0 Å². The van der Waals surface area contributed by atoms with E-state index in [1.54, 1.807) is 0 Å². The van der Waals surface area contributed by atoms with Crippen LogP contribution in [0.1, 0.15) is 38.5 Å². The van der Waals surface area contributed by atoms with Crippen LogP contribution in [0.4, 0.5) is 22.0 Å². The summed E-state index contributed by atoms with van der Waals surface area (Å²) in [7, 11) is 0. The Morgan fingerprint density at radius 2 is 1.32 bits per heavy atom. The maximum Gasteiger partial charge on any atom is 0.417 e. The summed E-state index contributed by atoms with van der Waals surface area (Å²) in [5, 5.41) is 0. The van der Waals surface area contributed by atoms with E-state index in [-0.39, 0.29) is 17.8 Å². The smallest absolute Gasteiger partial charge is 0.173 e. The molecular weight excluding hydrogens is 263 g/mol. The SMILES string of the molecule is FC(F)=C(CC1C2CC3CC(C2)CC1C3)C(F)(F)F. The number of allylic oxidation sites excluding steroid dienone is 1. The molecule has 4 aliphatic rings. The molecule has 0 aliphatic heterocycles. The highest BCUT2D eigenvalue weighted by Gasteiger charge is 2.50. The Morgan fingerprint density at radius 1 is 0.842 bits per heavy atom. The zero-order valence-electron chi connectivity index (χ0n) is 10.5. The van der Waals surface area contributed by atoms with Gasteiger partial charge in [-0.05, 0) is 68.1 Å². The molecule has 0 saturated heterocycles. The molecule has 0 amide bonds. The van der Waals surface area contributed by atoms with Crippen LogP contribution in [0.3, 0.4) is 0 Å². The van der Waals surface area contributed by atoms with Crippen LogP contribution in [-0.4, -0.2) is 6.18 Å². The van der Waals surface area contributed by atoms with Crippen molar-refractivity contribution >= 4 is 0 Å². The first kappa shape index (κ1) is 13.4. The van der Waals surface area contributed by atoms with E-state index in [9.17, 15) is 22.0 Å². The van der Waals surface area contributed by atoms with E-state index in [0.717, 1.165) is 25.7 Å². The third kappa shape index (κ3) is 2.40. The predicted octanol–water partition coefficient (Wildman–Crippen LogP) is 5.16. The Hall–Kier alpha value is -0.610. The van der Waals surface area contributed by atoms with E-state index in [1.165, 1.54) is 6.42 Å². The largest absolute Gasteiger partial charge is 0.417 e. The minimum Gasteiger partial charge on any atom is -0.173 e. The highest BCUT2D eigenvalue weighted by Crippen LogP contribution is 2.58. The molecule has 4 saturated carbocycles. The van der Waals surface area contributed by atoms with Gasteiger partial charge in [0.1, 0.15) is 0 Å². The van der Waals surface area contributed by atoms with E-state index in [4.69, 9.17) is 0 Å². The van der Waals surface area contributed by atoms with Crippen LogP contribution < -0.4 is 0 Å². The number of rotatable bonds is 2. The van der Waals surface area contributed by atoms with Gasteiger partial charge in [0.15, 0.2) is 0 Å². The summed E-state index contributed by atoms with van der Waals surface area (Å²) in [4.78, 5) is 0. The highest BCUT2D eigenvalue weighted by atomic mass is 19.4. The van der Waals surface area contributed by atoms with E-state index >= 15 is 0 Å². The molecule has 4 aliphatic carbocycles. The van der Waals surface area contributed by atoms with E-state index in [0.29, 0.717) is 11.8 Å². The zero-order valence-corrected chi connectivity index (χ0v) is 10.5. The summed E-state index contributed by atoms with van der Waals surface area (Å²) in [5.74, 6) is 1.60. The first-order valence-electron chi connectivity index (χ1n) is 6.96. The summed E-state index contributed by atoms with van der Waals surface area (Å²) in [6, 6.07) is 0. The first-order chi connectivity index (χ1) is 8.84. The van der Waals surface area contributed by atoms with Crippen LogP contribution in [0.2, 0.25) is 0 Å². The summed E-state index contributed by atoms with van der Waals surface area (Å²) < 4.78 is 63.1. The summed E-state index contributed by atoms with van der Waals surface area (Å²) in [6.45, 7) is 0. The third-order valence-electron chi connectivity index (χ3n) is 5.43. The molecule has 0 atom stereocenters. The van der Waals surface area contributed by atoms with Gasteiger partial charge in [0.05, 0.1) is 5.57 Å². The molecule has 0 aromatic carbocycles. The lowest BCUT2D eigenvalue weighted by Crippen LogP contribution is -2.45. The summed E-state index contributed by atoms with van der Waals surface area (Å²) in [6.07, 6.45) is -2.87. The van der Waals surface area contributed by atoms with Crippen LogP contribution in [0.15, 0.2) is 11.7 Å². The maximum absolute atomic E-state index is 12.6. The molecule has 5 heteroatoms. The van der Waals surface area contributed by atoms with Crippen molar-refractivity contribution < 1.29 is 22.0 Å². The van der Waals surface area contributed by atoms with Crippen molar-refractivity contribution in [2.24, 2.45) is 29.6 Å². The lowest BCUT2D eigenvalue weighted by atomic mass is 9.51. The molecule has 4 rings (SSSR count). The molecular formula is C14H17F5. The van der Waals surface area contributed by atoms with Gasteiger partial charge in [-0.2, -0.15) is 22.0 Å². The van der Waals surface area contributed by atoms with Gasteiger partial charge in [0.2, 0.25) is 0 Å². The Bertz CT molecular complexity index is 363. The average molecular weight is 280 g/mol. The average Bonchev–Trinajstić information content (AvgIpc) is 2.24. The fraction of sp³-hybridized carbons (Fsp3) is 0.857. The quantitative estimate of drug-likeness (QED) is 0.613. The van der Waals surface area contributed by atoms with Crippen molar-refractivity contribution in [2.45, 2.75) is 44.7 Å². The number of hydrogen-bond donors (Lipinski definition) is 0. The highest BCUT2D eigenvalue weighted by molar-refractivity contribution is 5.13. The first-order valence-corrected chi connectivity index (χ1v) is 6.96. The van der Waals surface area contributed by atoms with Gasteiger partial charge in [-0.25, -0.2) is 0 Å². The Balaban J connectivity index is 1.78. The van der Waals surface area contributed by atoms with Crippen molar-refractivity contribution in [1.29, 1.82) is 0 Å². The van der Waals surface area contributed by atoms with Gasteiger partial charge in [-0.1, -0.05) is 0 Å². The van der Waals surface area contributed by atoms with Gasteiger partial charge >= 0.3 is 6.18 Å². The molecule has 0 heterocycles. The Morgan fingerprint density at radius 3 is 1.68 bits per heavy atom. The fourth-order valence-corrected chi connectivity index (χ4v) is 4.91. The molecule has 4 bridgehead atoms. The summed E-state index contributed by atoms with van der Waals surface area (Å²) in [5.41, 5.74) is -1.58. The van der Waals surface area contributed by atoms with Crippen molar-refractivity contribution in [3.8, 4) is 0 Å². The molecule has 0 nitrogen and oxygen atoms in total. The molecule has 0 unspecified atom stereocenters. The second kappa shape index (κ2) is 4.45. The van der Waals surface area contributed by atoms with Crippen LogP contribution in [0, 0.1) is 29.6 Å². The summed E-state index contributed by atoms with van der Waals surface area (Å²) >= 11 is 0. The van der Waals surface area contributed by atoms with Crippen LogP contribution in [0.25, 0.3) is 0 Å². The minimum absolute atomic E-state index is 0.175. The minimum atomic E-state index is -4.88. The van der Waals surface area contributed by atoms with Gasteiger partial charge in [0, 0.05) is 0 Å². The number of halogens is 5. The maximum atomic E-state index is 12.6. The standard InChI is InChI=1S/C14H17F5/c15-13(16)12(14(17,18)19)6-11-9-2-7-1-8(4-9)5-10(11)3-7/h7-11H,1-6H2. The van der Waals surface area contributed by atoms with E-state index < -0.39 is 24.3 Å².